The zero-order valence-corrected chi connectivity index (χ0v) is 14.2. The maximum atomic E-state index is 12.4. The number of nitrogens with one attached hydrogen (secondary N) is 2. The smallest absolute Gasteiger partial charge is 0.387 e. The summed E-state index contributed by atoms with van der Waals surface area (Å²) in [7, 11) is 1.56. The van der Waals surface area contributed by atoms with Gasteiger partial charge in [0.15, 0.2) is 5.82 Å². The molecule has 0 saturated carbocycles. The summed E-state index contributed by atoms with van der Waals surface area (Å²) in [6.07, 6.45) is 0. The van der Waals surface area contributed by atoms with Crippen LogP contribution in [0.1, 0.15) is 5.76 Å². The molecule has 0 atom stereocenters. The lowest BCUT2D eigenvalue weighted by molar-refractivity contribution is -0.119. The van der Waals surface area contributed by atoms with Crippen LogP contribution in [-0.4, -0.2) is 48.6 Å². The number of ether oxygens (including phenoxy) is 1. The van der Waals surface area contributed by atoms with Gasteiger partial charge in [-0.15, -0.1) is 0 Å². The molecule has 0 bridgehead atoms. The minimum atomic E-state index is -3.00. The summed E-state index contributed by atoms with van der Waals surface area (Å²) in [6, 6.07) is 7.40. The molecule has 0 aliphatic rings. The number of carbonyl (C=O) groups is 2. The van der Waals surface area contributed by atoms with Crippen molar-refractivity contribution in [2.24, 2.45) is 0 Å². The van der Waals surface area contributed by atoms with E-state index < -0.39 is 12.5 Å². The average Bonchev–Trinajstić information content (AvgIpc) is 2.93. The number of aryl methyl sites for hydroxylation is 1. The Kier molecular flexibility index (Phi) is 6.61. The largest absolute Gasteiger partial charge is 0.433 e. The van der Waals surface area contributed by atoms with E-state index in [9.17, 15) is 18.4 Å². The van der Waals surface area contributed by atoms with Crippen LogP contribution in [0.4, 0.5) is 20.3 Å². The molecule has 1 aromatic heterocycles. The van der Waals surface area contributed by atoms with Crippen molar-refractivity contribution >= 4 is 23.3 Å². The zero-order valence-electron chi connectivity index (χ0n) is 14.2. The van der Waals surface area contributed by atoms with Gasteiger partial charge < -0.3 is 19.9 Å². The van der Waals surface area contributed by atoms with Gasteiger partial charge in [-0.3, -0.25) is 14.5 Å². The van der Waals surface area contributed by atoms with Gasteiger partial charge in [0.05, 0.1) is 18.8 Å². The number of para-hydroxylation sites is 2. The van der Waals surface area contributed by atoms with Gasteiger partial charge in [0.1, 0.15) is 11.5 Å². The summed E-state index contributed by atoms with van der Waals surface area (Å²) in [5.41, 5.74) is 0.119. The molecule has 2 N–H and O–H groups in total. The molecule has 10 heteroatoms. The molecule has 0 aliphatic carbocycles. The van der Waals surface area contributed by atoms with E-state index in [0.717, 1.165) is 0 Å². The topological polar surface area (TPSA) is 96.7 Å². The maximum Gasteiger partial charge on any atom is 0.387 e. The van der Waals surface area contributed by atoms with E-state index in [2.05, 4.69) is 20.5 Å². The van der Waals surface area contributed by atoms with Crippen molar-refractivity contribution in [3.63, 3.8) is 0 Å². The standard InChI is InChI=1S/C16H18F2N4O4/c1-10-7-13(21-26-10)20-15(24)9-22(2)8-14(23)19-11-5-3-4-6-12(11)25-16(17)18/h3-7,16H,8-9H2,1-2H3,(H,19,23)(H,20,21,24). The highest BCUT2D eigenvalue weighted by atomic mass is 19.3. The summed E-state index contributed by atoms with van der Waals surface area (Å²) in [4.78, 5) is 25.4. The highest BCUT2D eigenvalue weighted by Gasteiger charge is 2.15. The van der Waals surface area contributed by atoms with E-state index in [1.807, 2.05) is 0 Å². The van der Waals surface area contributed by atoms with Crippen LogP contribution in [0.5, 0.6) is 5.75 Å². The molecule has 1 heterocycles. The van der Waals surface area contributed by atoms with Crippen LogP contribution in [-0.2, 0) is 9.59 Å². The molecule has 140 valence electrons. The maximum absolute atomic E-state index is 12.4. The van der Waals surface area contributed by atoms with Gasteiger partial charge >= 0.3 is 6.61 Å². The summed E-state index contributed by atoms with van der Waals surface area (Å²) >= 11 is 0. The Balaban J connectivity index is 1.84. The van der Waals surface area contributed by atoms with Crippen LogP contribution in [0, 0.1) is 6.92 Å². The lowest BCUT2D eigenvalue weighted by atomic mass is 10.3. The number of nitrogens with zero attached hydrogens (tertiary/aromatic N) is 2. The lowest BCUT2D eigenvalue weighted by Gasteiger charge is -2.16. The number of rotatable bonds is 8. The molecule has 2 aromatic rings. The number of likely N-dealkylation sites (N-methyl/N-ethyl adjacent to an activating group) is 1. The van der Waals surface area contributed by atoms with Crippen LogP contribution in [0.15, 0.2) is 34.9 Å². The molecule has 8 nitrogen and oxygen atoms in total. The Morgan fingerprint density at radius 1 is 1.23 bits per heavy atom. The van der Waals surface area contributed by atoms with Crippen molar-refractivity contribution in [3.8, 4) is 5.75 Å². The monoisotopic (exact) mass is 368 g/mol. The first-order valence-electron chi connectivity index (χ1n) is 7.59. The van der Waals surface area contributed by atoms with Gasteiger partial charge in [-0.2, -0.15) is 8.78 Å². The quantitative estimate of drug-likeness (QED) is 0.741. The van der Waals surface area contributed by atoms with E-state index in [0.29, 0.717) is 5.76 Å². The van der Waals surface area contributed by atoms with Gasteiger partial charge in [0.2, 0.25) is 11.8 Å². The molecule has 0 aliphatic heterocycles. The average molecular weight is 368 g/mol. The minimum Gasteiger partial charge on any atom is -0.433 e. The van der Waals surface area contributed by atoms with Gasteiger partial charge in [0, 0.05) is 6.07 Å². The SMILES string of the molecule is Cc1cc(NC(=O)CN(C)CC(=O)Nc2ccccc2OC(F)F)no1. The second-order valence-corrected chi connectivity index (χ2v) is 5.47. The van der Waals surface area contributed by atoms with E-state index in [4.69, 9.17) is 4.52 Å². The van der Waals surface area contributed by atoms with Crippen LogP contribution >= 0.6 is 0 Å². The summed E-state index contributed by atoms with van der Waals surface area (Å²) in [5.74, 6) is -0.170. The third kappa shape index (κ3) is 6.13. The fraction of sp³-hybridized carbons (Fsp3) is 0.312. The normalized spacial score (nSPS) is 10.8. The number of amides is 2. The van der Waals surface area contributed by atoms with Crippen molar-refractivity contribution in [2.75, 3.05) is 30.8 Å². The zero-order chi connectivity index (χ0) is 19.1. The molecule has 0 spiro atoms. The predicted molar refractivity (Wildman–Crippen MR) is 89.1 cm³/mol. The Hall–Kier alpha value is -3.01. The number of benzene rings is 1. The molecule has 0 unspecified atom stereocenters. The summed E-state index contributed by atoms with van der Waals surface area (Å²) in [5, 5.41) is 8.64. The van der Waals surface area contributed by atoms with Crippen molar-refractivity contribution in [2.45, 2.75) is 13.5 Å². The fourth-order valence-corrected chi connectivity index (χ4v) is 2.11. The van der Waals surface area contributed by atoms with Crippen LogP contribution in [0.3, 0.4) is 0 Å². The van der Waals surface area contributed by atoms with E-state index in [1.165, 1.54) is 23.1 Å². The second kappa shape index (κ2) is 8.90. The molecule has 0 saturated heterocycles. The molecule has 2 amide bonds. The number of alkyl halides is 2. The number of halogens is 2. The van der Waals surface area contributed by atoms with Gasteiger partial charge in [-0.05, 0) is 26.1 Å². The number of aromatic nitrogens is 1. The molecule has 0 radical (unpaired) electrons. The molecular formula is C16H18F2N4O4. The van der Waals surface area contributed by atoms with E-state index in [-0.39, 0.29) is 36.3 Å². The summed E-state index contributed by atoms with van der Waals surface area (Å²) < 4.78 is 33.9. The second-order valence-electron chi connectivity index (χ2n) is 5.47. The van der Waals surface area contributed by atoms with E-state index in [1.54, 1.807) is 26.1 Å². The molecular weight excluding hydrogens is 350 g/mol. The minimum absolute atomic E-state index is 0.0749. The van der Waals surface area contributed by atoms with Crippen LogP contribution in [0.25, 0.3) is 0 Å². The van der Waals surface area contributed by atoms with Gasteiger partial charge in [-0.1, -0.05) is 17.3 Å². The van der Waals surface area contributed by atoms with Gasteiger partial charge in [0.25, 0.3) is 0 Å². The number of anilines is 2. The van der Waals surface area contributed by atoms with Crippen LogP contribution < -0.4 is 15.4 Å². The van der Waals surface area contributed by atoms with Crippen molar-refractivity contribution in [3.05, 3.63) is 36.1 Å². The highest BCUT2D eigenvalue weighted by Crippen LogP contribution is 2.25. The van der Waals surface area contributed by atoms with E-state index >= 15 is 0 Å². The first-order valence-corrected chi connectivity index (χ1v) is 7.59. The first-order chi connectivity index (χ1) is 12.3. The molecule has 0 fully saturated rings. The first kappa shape index (κ1) is 19.3. The number of carbonyl (C=O) groups excluding carboxylic acids is 2. The van der Waals surface area contributed by atoms with Crippen LogP contribution in [0.2, 0.25) is 0 Å². The third-order valence-corrected chi connectivity index (χ3v) is 3.10. The number of hydrogen-bond acceptors (Lipinski definition) is 6. The van der Waals surface area contributed by atoms with Gasteiger partial charge in [-0.25, -0.2) is 0 Å². The molecule has 26 heavy (non-hydrogen) atoms. The highest BCUT2D eigenvalue weighted by molar-refractivity contribution is 5.95. The Labute approximate surface area is 148 Å². The Morgan fingerprint density at radius 3 is 2.50 bits per heavy atom. The van der Waals surface area contributed by atoms with Crippen molar-refractivity contribution < 1.29 is 27.6 Å². The Morgan fingerprint density at radius 2 is 1.88 bits per heavy atom. The fourth-order valence-electron chi connectivity index (χ4n) is 2.11. The summed E-state index contributed by atoms with van der Waals surface area (Å²) in [6.45, 7) is -1.52. The predicted octanol–water partition coefficient (Wildman–Crippen LogP) is 2.09. The molecule has 2 rings (SSSR count). The molecule has 1 aromatic carbocycles. The lowest BCUT2D eigenvalue weighted by Crippen LogP contribution is -2.36. The van der Waals surface area contributed by atoms with Crippen molar-refractivity contribution in [1.29, 1.82) is 0 Å². The third-order valence-electron chi connectivity index (χ3n) is 3.10. The Bertz CT molecular complexity index is 766. The van der Waals surface area contributed by atoms with Crippen molar-refractivity contribution in [1.82, 2.24) is 10.1 Å². The number of hydrogen-bond donors (Lipinski definition) is 2.